The van der Waals surface area contributed by atoms with Gasteiger partial charge >= 0.3 is 6.18 Å². The number of anilines is 1. The standard InChI is InChI=1S/C37H36Cl2F3N3O4S/c1-25-14-17-31(18-15-25)50(48,49)45(30-16-19-33(39)32(22-30)37(40,41)42)24-35(46)44(23-27-10-7-11-28(38)20-27)34(21-26-8-3-2-4-9-26)36(47)43-29-12-5-6-13-29/h2-4,7-11,14-20,22,29,34H,5-6,12-13,21,23-24H2,1H3,(H,43,47)/t34-/m1/s1. The first-order valence-electron chi connectivity index (χ1n) is 16.1. The van der Waals surface area contributed by atoms with Crippen LogP contribution in [0, 0.1) is 6.92 Å². The maximum atomic E-state index is 14.6. The van der Waals surface area contributed by atoms with Gasteiger partial charge in [-0.1, -0.05) is 96.2 Å². The van der Waals surface area contributed by atoms with Gasteiger partial charge in [-0.05, 0) is 73.4 Å². The Hall–Kier alpha value is -4.06. The van der Waals surface area contributed by atoms with Crippen LogP contribution in [0.15, 0.2) is 102 Å². The molecule has 0 heterocycles. The maximum absolute atomic E-state index is 14.6. The molecule has 1 atom stereocenters. The summed E-state index contributed by atoms with van der Waals surface area (Å²) in [6, 6.07) is 23.0. The number of hydrogen-bond acceptors (Lipinski definition) is 4. The third-order valence-corrected chi connectivity index (χ3v) is 11.0. The summed E-state index contributed by atoms with van der Waals surface area (Å²) in [4.78, 5) is 29.8. The van der Waals surface area contributed by atoms with Gasteiger partial charge < -0.3 is 10.2 Å². The van der Waals surface area contributed by atoms with Crippen LogP contribution in [-0.4, -0.2) is 43.8 Å². The lowest BCUT2D eigenvalue weighted by atomic mass is 10.0. The average Bonchev–Trinajstić information content (AvgIpc) is 3.58. The second kappa shape index (κ2) is 15.9. The van der Waals surface area contributed by atoms with Crippen LogP contribution in [0.2, 0.25) is 10.0 Å². The molecule has 7 nitrogen and oxygen atoms in total. The van der Waals surface area contributed by atoms with Crippen molar-refractivity contribution in [3.63, 3.8) is 0 Å². The Labute approximate surface area is 300 Å². The Morgan fingerprint density at radius 1 is 0.880 bits per heavy atom. The summed E-state index contributed by atoms with van der Waals surface area (Å²) in [5.74, 6) is -1.23. The van der Waals surface area contributed by atoms with Gasteiger partial charge in [-0.15, -0.1) is 0 Å². The molecular weight excluding hydrogens is 710 g/mol. The Morgan fingerprint density at radius 2 is 1.54 bits per heavy atom. The minimum absolute atomic E-state index is 0.0860. The molecule has 4 aromatic rings. The van der Waals surface area contributed by atoms with Crippen LogP contribution in [0.3, 0.4) is 0 Å². The van der Waals surface area contributed by atoms with Gasteiger partial charge in [-0.25, -0.2) is 8.42 Å². The largest absolute Gasteiger partial charge is 0.417 e. The fraction of sp³-hybridized carbons (Fsp3) is 0.297. The SMILES string of the molecule is Cc1ccc(S(=O)(=O)N(CC(=O)N(Cc2cccc(Cl)c2)[C@H](Cc2ccccc2)C(=O)NC2CCCC2)c2ccc(Cl)c(C(F)(F)F)c2)cc1. The van der Waals surface area contributed by atoms with E-state index < -0.39 is 56.9 Å². The van der Waals surface area contributed by atoms with Gasteiger partial charge in [0.05, 0.1) is 21.2 Å². The van der Waals surface area contributed by atoms with Gasteiger partial charge in [0.15, 0.2) is 0 Å². The molecule has 264 valence electrons. The molecule has 0 aliphatic heterocycles. The second-order valence-electron chi connectivity index (χ2n) is 12.3. The fourth-order valence-corrected chi connectivity index (χ4v) is 7.85. The maximum Gasteiger partial charge on any atom is 0.417 e. The van der Waals surface area contributed by atoms with E-state index in [2.05, 4.69) is 5.32 Å². The zero-order valence-electron chi connectivity index (χ0n) is 27.2. The van der Waals surface area contributed by atoms with Crippen LogP contribution in [0.1, 0.15) is 47.9 Å². The minimum Gasteiger partial charge on any atom is -0.352 e. The number of amides is 2. The van der Waals surface area contributed by atoms with Gasteiger partial charge in [-0.2, -0.15) is 13.2 Å². The summed E-state index contributed by atoms with van der Waals surface area (Å²) in [5, 5.41) is 2.83. The van der Waals surface area contributed by atoms with Crippen LogP contribution in [-0.2, 0) is 38.8 Å². The van der Waals surface area contributed by atoms with E-state index in [1.165, 1.54) is 17.0 Å². The molecule has 0 aromatic heterocycles. The molecule has 50 heavy (non-hydrogen) atoms. The van der Waals surface area contributed by atoms with Crippen molar-refractivity contribution in [3.05, 3.63) is 129 Å². The molecule has 0 saturated heterocycles. The summed E-state index contributed by atoms with van der Waals surface area (Å²) < 4.78 is 71.1. The number of alkyl halides is 3. The molecular formula is C37H36Cl2F3N3O4S. The normalized spacial score (nSPS) is 14.3. The lowest BCUT2D eigenvalue weighted by Crippen LogP contribution is -2.54. The first-order chi connectivity index (χ1) is 23.7. The van der Waals surface area contributed by atoms with Crippen molar-refractivity contribution in [1.29, 1.82) is 0 Å². The molecule has 0 radical (unpaired) electrons. The molecule has 1 fully saturated rings. The lowest BCUT2D eigenvalue weighted by Gasteiger charge is -2.34. The first-order valence-corrected chi connectivity index (χ1v) is 18.3. The number of sulfonamides is 1. The van der Waals surface area contributed by atoms with Crippen LogP contribution < -0.4 is 9.62 Å². The highest BCUT2D eigenvalue weighted by atomic mass is 35.5. The van der Waals surface area contributed by atoms with E-state index in [1.807, 2.05) is 18.2 Å². The van der Waals surface area contributed by atoms with Crippen molar-refractivity contribution in [2.24, 2.45) is 0 Å². The molecule has 13 heteroatoms. The number of halogens is 5. The zero-order chi connectivity index (χ0) is 36.1. The highest BCUT2D eigenvalue weighted by Crippen LogP contribution is 2.38. The predicted molar refractivity (Wildman–Crippen MR) is 188 cm³/mol. The molecule has 5 rings (SSSR count). The number of carbonyl (C=O) groups excluding carboxylic acids is 2. The predicted octanol–water partition coefficient (Wildman–Crippen LogP) is 8.21. The highest BCUT2D eigenvalue weighted by molar-refractivity contribution is 7.92. The topological polar surface area (TPSA) is 86.8 Å². The molecule has 1 aliphatic rings. The Morgan fingerprint density at radius 3 is 2.18 bits per heavy atom. The first kappa shape index (κ1) is 37.2. The van der Waals surface area contributed by atoms with Crippen molar-refractivity contribution < 1.29 is 31.2 Å². The summed E-state index contributed by atoms with van der Waals surface area (Å²) in [6.07, 6.45) is -1.35. The van der Waals surface area contributed by atoms with Crippen LogP contribution in [0.4, 0.5) is 18.9 Å². The van der Waals surface area contributed by atoms with Crippen molar-refractivity contribution in [3.8, 4) is 0 Å². The molecule has 1 N–H and O–H groups in total. The summed E-state index contributed by atoms with van der Waals surface area (Å²) in [6.45, 7) is 0.698. The third kappa shape index (κ3) is 9.18. The summed E-state index contributed by atoms with van der Waals surface area (Å²) in [7, 11) is -4.62. The van der Waals surface area contributed by atoms with E-state index >= 15 is 0 Å². The summed E-state index contributed by atoms with van der Waals surface area (Å²) >= 11 is 12.2. The molecule has 0 spiro atoms. The number of nitrogens with one attached hydrogen (secondary N) is 1. The van der Waals surface area contributed by atoms with Gasteiger partial charge in [0, 0.05) is 24.0 Å². The smallest absolute Gasteiger partial charge is 0.352 e. The van der Waals surface area contributed by atoms with Gasteiger partial charge in [0.2, 0.25) is 11.8 Å². The van der Waals surface area contributed by atoms with Crippen molar-refractivity contribution in [2.75, 3.05) is 10.8 Å². The minimum atomic E-state index is -4.91. The second-order valence-corrected chi connectivity index (χ2v) is 15.0. The van der Waals surface area contributed by atoms with E-state index in [-0.39, 0.29) is 23.9 Å². The molecule has 2 amide bonds. The van der Waals surface area contributed by atoms with Gasteiger partial charge in [0.25, 0.3) is 10.0 Å². The Bertz CT molecular complexity index is 1920. The molecule has 0 unspecified atom stereocenters. The number of rotatable bonds is 12. The number of hydrogen-bond donors (Lipinski definition) is 1. The van der Waals surface area contributed by atoms with Crippen LogP contribution in [0.25, 0.3) is 0 Å². The number of carbonyl (C=O) groups is 2. The van der Waals surface area contributed by atoms with Crippen molar-refractivity contribution in [1.82, 2.24) is 10.2 Å². The molecule has 4 aromatic carbocycles. The highest BCUT2D eigenvalue weighted by Gasteiger charge is 2.38. The van der Waals surface area contributed by atoms with Gasteiger partial charge in [-0.3, -0.25) is 13.9 Å². The molecule has 0 bridgehead atoms. The van der Waals surface area contributed by atoms with Crippen molar-refractivity contribution in [2.45, 2.75) is 68.7 Å². The zero-order valence-corrected chi connectivity index (χ0v) is 29.5. The van der Waals surface area contributed by atoms with Gasteiger partial charge in [0.1, 0.15) is 12.6 Å². The van der Waals surface area contributed by atoms with E-state index in [1.54, 1.807) is 55.5 Å². The summed E-state index contributed by atoms with van der Waals surface area (Å²) in [5.41, 5.74) is 0.383. The fourth-order valence-electron chi connectivity index (χ4n) is 6.01. The number of aryl methyl sites for hydroxylation is 1. The third-order valence-electron chi connectivity index (χ3n) is 8.65. The van der Waals surface area contributed by atoms with E-state index in [4.69, 9.17) is 23.2 Å². The van der Waals surface area contributed by atoms with Crippen molar-refractivity contribution >= 4 is 50.7 Å². The monoisotopic (exact) mass is 745 g/mol. The molecule has 1 saturated carbocycles. The quantitative estimate of drug-likeness (QED) is 0.158. The lowest BCUT2D eigenvalue weighted by molar-refractivity contribution is -0.140. The van der Waals surface area contributed by atoms with E-state index in [0.29, 0.717) is 21.0 Å². The van der Waals surface area contributed by atoms with E-state index in [0.717, 1.165) is 48.9 Å². The van der Waals surface area contributed by atoms with E-state index in [9.17, 15) is 31.2 Å². The van der Waals surface area contributed by atoms with Crippen LogP contribution in [0.5, 0.6) is 0 Å². The molecule has 1 aliphatic carbocycles. The van der Waals surface area contributed by atoms with Crippen LogP contribution >= 0.6 is 23.2 Å². The number of benzene rings is 4. The Kier molecular flexibility index (Phi) is 11.8. The number of nitrogens with zero attached hydrogens (tertiary/aromatic N) is 2. The average molecular weight is 747 g/mol. The Balaban J connectivity index is 1.61.